The predicted molar refractivity (Wildman–Crippen MR) is 148 cm³/mol. The van der Waals surface area contributed by atoms with Crippen LogP contribution in [0.4, 0.5) is 11.5 Å². The minimum absolute atomic E-state index is 0.0247. The molecule has 3 aromatic carbocycles. The summed E-state index contributed by atoms with van der Waals surface area (Å²) in [5.41, 5.74) is 3.20. The topological polar surface area (TPSA) is 94.6 Å². The van der Waals surface area contributed by atoms with Gasteiger partial charge in [-0.1, -0.05) is 19.3 Å². The second-order valence-corrected chi connectivity index (χ2v) is 9.49. The molecule has 1 aromatic heterocycles. The van der Waals surface area contributed by atoms with Crippen molar-refractivity contribution in [1.82, 2.24) is 15.3 Å². The van der Waals surface area contributed by atoms with Gasteiger partial charge >= 0.3 is 0 Å². The van der Waals surface area contributed by atoms with Crippen LogP contribution in [0.3, 0.4) is 0 Å². The standard InChI is InChI=1S/C30H32N4O4/c1-19-15-22(33-29-24-16-27(36-2)28(37-3)17-25(24)31-18-32-29)11-14-26(19)38-23-12-9-20(10-13-23)30(35)34-21-7-5-4-6-8-21/h9-18,21H,4-8H2,1-3H3,(H,34,35)(H,31,32,33). The number of nitrogens with zero attached hydrogens (tertiary/aromatic N) is 2. The van der Waals surface area contributed by atoms with Crippen LogP contribution < -0.4 is 24.8 Å². The number of fused-ring (bicyclic) bond motifs is 1. The van der Waals surface area contributed by atoms with Crippen LogP contribution in [0.25, 0.3) is 10.9 Å². The number of anilines is 2. The van der Waals surface area contributed by atoms with Crippen molar-refractivity contribution >= 4 is 28.3 Å². The molecule has 0 saturated heterocycles. The molecule has 8 nitrogen and oxygen atoms in total. The monoisotopic (exact) mass is 512 g/mol. The fourth-order valence-electron chi connectivity index (χ4n) is 4.78. The van der Waals surface area contributed by atoms with E-state index < -0.39 is 0 Å². The molecule has 38 heavy (non-hydrogen) atoms. The van der Waals surface area contributed by atoms with Gasteiger partial charge in [0.25, 0.3) is 5.91 Å². The highest BCUT2D eigenvalue weighted by atomic mass is 16.5. The van der Waals surface area contributed by atoms with Crippen molar-refractivity contribution in [2.75, 3.05) is 19.5 Å². The molecular formula is C30H32N4O4. The fourth-order valence-corrected chi connectivity index (χ4v) is 4.78. The molecule has 1 fully saturated rings. The molecule has 0 spiro atoms. The Morgan fingerprint density at radius 3 is 2.32 bits per heavy atom. The van der Waals surface area contributed by atoms with Gasteiger partial charge < -0.3 is 24.8 Å². The summed E-state index contributed by atoms with van der Waals surface area (Å²) in [6.07, 6.45) is 7.27. The molecule has 2 N–H and O–H groups in total. The molecule has 1 heterocycles. The van der Waals surface area contributed by atoms with E-state index in [2.05, 4.69) is 20.6 Å². The Morgan fingerprint density at radius 2 is 1.61 bits per heavy atom. The molecule has 1 aliphatic rings. The summed E-state index contributed by atoms with van der Waals surface area (Å²) in [7, 11) is 3.20. The quantitative estimate of drug-likeness (QED) is 0.276. The van der Waals surface area contributed by atoms with Crippen molar-refractivity contribution in [2.24, 2.45) is 0 Å². The highest BCUT2D eigenvalue weighted by Crippen LogP contribution is 2.35. The number of carbonyl (C=O) groups excluding carboxylic acids is 1. The van der Waals surface area contributed by atoms with E-state index in [9.17, 15) is 4.79 Å². The fraction of sp³-hybridized carbons (Fsp3) is 0.300. The van der Waals surface area contributed by atoms with E-state index in [4.69, 9.17) is 14.2 Å². The smallest absolute Gasteiger partial charge is 0.251 e. The predicted octanol–water partition coefficient (Wildman–Crippen LogP) is 6.55. The number of benzene rings is 3. The van der Waals surface area contributed by atoms with Crippen molar-refractivity contribution in [3.8, 4) is 23.0 Å². The third-order valence-electron chi connectivity index (χ3n) is 6.86. The molecule has 0 unspecified atom stereocenters. The van der Waals surface area contributed by atoms with Crippen LogP contribution in [0.1, 0.15) is 48.0 Å². The molecule has 1 aliphatic carbocycles. The van der Waals surface area contributed by atoms with E-state index in [1.807, 2.05) is 61.5 Å². The van der Waals surface area contributed by atoms with E-state index >= 15 is 0 Å². The summed E-state index contributed by atoms with van der Waals surface area (Å²) < 4.78 is 16.9. The van der Waals surface area contributed by atoms with Crippen LogP contribution in [-0.2, 0) is 0 Å². The number of ether oxygens (including phenoxy) is 3. The third-order valence-corrected chi connectivity index (χ3v) is 6.86. The molecule has 0 aliphatic heterocycles. The van der Waals surface area contributed by atoms with Gasteiger partial charge in [-0.25, -0.2) is 9.97 Å². The summed E-state index contributed by atoms with van der Waals surface area (Å²) in [5, 5.41) is 7.34. The van der Waals surface area contributed by atoms with E-state index in [0.717, 1.165) is 40.7 Å². The number of nitrogens with one attached hydrogen (secondary N) is 2. The molecule has 4 aromatic rings. The van der Waals surface area contributed by atoms with Crippen molar-refractivity contribution in [3.05, 3.63) is 72.1 Å². The number of rotatable bonds is 8. The first kappa shape index (κ1) is 25.3. The Morgan fingerprint density at radius 1 is 0.868 bits per heavy atom. The Hall–Kier alpha value is -4.33. The van der Waals surface area contributed by atoms with Gasteiger partial charge in [0.15, 0.2) is 11.5 Å². The minimum atomic E-state index is -0.0247. The first-order valence-corrected chi connectivity index (χ1v) is 12.9. The maximum atomic E-state index is 12.6. The third kappa shape index (κ3) is 5.64. The van der Waals surface area contributed by atoms with Gasteiger partial charge in [-0.15, -0.1) is 0 Å². The summed E-state index contributed by atoms with van der Waals surface area (Å²) in [4.78, 5) is 21.4. The van der Waals surface area contributed by atoms with E-state index in [1.54, 1.807) is 14.2 Å². The average molecular weight is 513 g/mol. The Balaban J connectivity index is 1.27. The largest absolute Gasteiger partial charge is 0.493 e. The molecular weight excluding hydrogens is 480 g/mol. The summed E-state index contributed by atoms with van der Waals surface area (Å²) in [6.45, 7) is 1.98. The second kappa shape index (κ2) is 11.4. The summed E-state index contributed by atoms with van der Waals surface area (Å²) in [5.74, 6) is 3.25. The summed E-state index contributed by atoms with van der Waals surface area (Å²) in [6, 6.07) is 17.1. The van der Waals surface area contributed by atoms with Crippen LogP contribution in [0.15, 0.2) is 60.9 Å². The number of amides is 1. The lowest BCUT2D eigenvalue weighted by atomic mass is 9.95. The molecule has 1 amide bonds. The zero-order valence-electron chi connectivity index (χ0n) is 21.9. The summed E-state index contributed by atoms with van der Waals surface area (Å²) >= 11 is 0. The van der Waals surface area contributed by atoms with Crippen molar-refractivity contribution < 1.29 is 19.0 Å². The first-order valence-electron chi connectivity index (χ1n) is 12.9. The van der Waals surface area contributed by atoms with Gasteiger partial charge in [0.05, 0.1) is 19.7 Å². The van der Waals surface area contributed by atoms with Crippen LogP contribution in [0.5, 0.6) is 23.0 Å². The first-order chi connectivity index (χ1) is 18.5. The van der Waals surface area contributed by atoms with Crippen LogP contribution in [0.2, 0.25) is 0 Å². The lowest BCUT2D eigenvalue weighted by Crippen LogP contribution is -2.36. The number of hydrogen-bond acceptors (Lipinski definition) is 7. The number of carbonyl (C=O) groups is 1. The van der Waals surface area contributed by atoms with Gasteiger partial charge in [0.1, 0.15) is 23.6 Å². The lowest BCUT2D eigenvalue weighted by molar-refractivity contribution is 0.0927. The van der Waals surface area contributed by atoms with Gasteiger partial charge in [-0.3, -0.25) is 4.79 Å². The van der Waals surface area contributed by atoms with Gasteiger partial charge in [0, 0.05) is 28.7 Å². The van der Waals surface area contributed by atoms with Crippen LogP contribution in [-0.4, -0.2) is 36.1 Å². The van der Waals surface area contributed by atoms with Crippen LogP contribution in [0, 0.1) is 6.92 Å². The van der Waals surface area contributed by atoms with Crippen molar-refractivity contribution in [3.63, 3.8) is 0 Å². The lowest BCUT2D eigenvalue weighted by Gasteiger charge is -2.22. The number of methoxy groups -OCH3 is 2. The average Bonchev–Trinajstić information content (AvgIpc) is 2.95. The SMILES string of the molecule is COc1cc2ncnc(Nc3ccc(Oc4ccc(C(=O)NC5CCCCC5)cc4)c(C)c3)c2cc1OC. The molecule has 1 saturated carbocycles. The Kier molecular flexibility index (Phi) is 7.58. The number of aryl methyl sites for hydroxylation is 1. The molecule has 196 valence electrons. The molecule has 0 radical (unpaired) electrons. The normalized spacial score (nSPS) is 13.7. The van der Waals surface area contributed by atoms with Crippen molar-refractivity contribution in [2.45, 2.75) is 45.1 Å². The minimum Gasteiger partial charge on any atom is -0.493 e. The van der Waals surface area contributed by atoms with E-state index in [0.29, 0.717) is 28.6 Å². The molecule has 0 bridgehead atoms. The molecule has 8 heteroatoms. The van der Waals surface area contributed by atoms with Gasteiger partial charge in [-0.05, 0) is 73.9 Å². The zero-order valence-corrected chi connectivity index (χ0v) is 21.9. The maximum absolute atomic E-state index is 12.6. The van der Waals surface area contributed by atoms with E-state index in [1.165, 1.54) is 25.6 Å². The van der Waals surface area contributed by atoms with E-state index in [-0.39, 0.29) is 11.9 Å². The Bertz CT molecular complexity index is 1430. The van der Waals surface area contributed by atoms with Crippen molar-refractivity contribution in [1.29, 1.82) is 0 Å². The van der Waals surface area contributed by atoms with Crippen LogP contribution >= 0.6 is 0 Å². The number of aromatic nitrogens is 2. The number of hydrogen-bond donors (Lipinski definition) is 2. The van der Waals surface area contributed by atoms with Gasteiger partial charge in [-0.2, -0.15) is 0 Å². The Labute approximate surface area is 222 Å². The maximum Gasteiger partial charge on any atom is 0.251 e. The molecule has 5 rings (SSSR count). The molecule has 0 atom stereocenters. The highest BCUT2D eigenvalue weighted by molar-refractivity contribution is 5.94. The van der Waals surface area contributed by atoms with Gasteiger partial charge in [0.2, 0.25) is 0 Å². The highest BCUT2D eigenvalue weighted by Gasteiger charge is 2.17. The second-order valence-electron chi connectivity index (χ2n) is 9.49. The zero-order chi connectivity index (χ0) is 26.5.